The minimum absolute atomic E-state index is 0.0652. The number of nitrogens with one attached hydrogen (secondary N) is 1. The number of carbonyl (C=O) groups is 2. The summed E-state index contributed by atoms with van der Waals surface area (Å²) in [5.41, 5.74) is 0.217. The Morgan fingerprint density at radius 2 is 2.06 bits per heavy atom. The third kappa shape index (κ3) is 4.61. The van der Waals surface area contributed by atoms with Gasteiger partial charge in [0.1, 0.15) is 0 Å². The van der Waals surface area contributed by atoms with Crippen molar-refractivity contribution in [2.24, 2.45) is 5.41 Å². The van der Waals surface area contributed by atoms with Crippen molar-refractivity contribution >= 4 is 11.9 Å². The normalized spacial score (nSPS) is 16.8. The Morgan fingerprint density at radius 3 is 2.56 bits per heavy atom. The summed E-state index contributed by atoms with van der Waals surface area (Å²) in [6, 6.07) is 0. The number of carboxylic acid groups (broad SMARTS) is 1. The Kier molecular flexibility index (Phi) is 4.73. The van der Waals surface area contributed by atoms with E-state index < -0.39 is 5.97 Å². The molecule has 1 amide bonds. The third-order valence-corrected chi connectivity index (χ3v) is 3.02. The van der Waals surface area contributed by atoms with Gasteiger partial charge < -0.3 is 15.2 Å². The lowest BCUT2D eigenvalue weighted by molar-refractivity contribution is -0.138. The van der Waals surface area contributed by atoms with Crippen molar-refractivity contribution in [3.8, 4) is 0 Å². The lowest BCUT2D eigenvalue weighted by Crippen LogP contribution is -2.31. The van der Waals surface area contributed by atoms with E-state index in [2.05, 4.69) is 5.32 Å². The van der Waals surface area contributed by atoms with Gasteiger partial charge in [-0.25, -0.2) is 0 Å². The van der Waals surface area contributed by atoms with E-state index >= 15 is 0 Å². The average Bonchev–Trinajstić information content (AvgIpc) is 3.01. The number of amides is 1. The minimum Gasteiger partial charge on any atom is -0.481 e. The molecule has 0 heterocycles. The highest BCUT2D eigenvalue weighted by Crippen LogP contribution is 2.48. The molecule has 1 rings (SSSR count). The third-order valence-electron chi connectivity index (χ3n) is 3.02. The van der Waals surface area contributed by atoms with Gasteiger partial charge in [0.25, 0.3) is 0 Å². The van der Waals surface area contributed by atoms with Crippen LogP contribution in [0.5, 0.6) is 0 Å². The van der Waals surface area contributed by atoms with Gasteiger partial charge in [-0.3, -0.25) is 9.59 Å². The van der Waals surface area contributed by atoms with Gasteiger partial charge in [0.15, 0.2) is 0 Å². The summed E-state index contributed by atoms with van der Waals surface area (Å²) in [5.74, 6) is -1.11. The van der Waals surface area contributed by atoms with Crippen molar-refractivity contribution in [1.82, 2.24) is 5.32 Å². The van der Waals surface area contributed by atoms with Crippen molar-refractivity contribution < 1.29 is 19.4 Å². The maximum atomic E-state index is 11.3. The molecule has 5 heteroatoms. The van der Waals surface area contributed by atoms with Crippen LogP contribution in [0.1, 0.15) is 32.1 Å². The summed E-state index contributed by atoms with van der Waals surface area (Å²) in [7, 11) is 1.67. The molecule has 5 nitrogen and oxygen atoms in total. The van der Waals surface area contributed by atoms with Gasteiger partial charge in [0.2, 0.25) is 5.91 Å². The first-order valence-electron chi connectivity index (χ1n) is 5.55. The van der Waals surface area contributed by atoms with E-state index in [1.54, 1.807) is 7.11 Å². The first kappa shape index (κ1) is 13.0. The van der Waals surface area contributed by atoms with Crippen LogP contribution in [-0.4, -0.2) is 37.2 Å². The van der Waals surface area contributed by atoms with Gasteiger partial charge >= 0.3 is 5.97 Å². The number of aliphatic carboxylic acids is 1. The Morgan fingerprint density at radius 1 is 1.38 bits per heavy atom. The zero-order chi connectivity index (χ0) is 12.0. The molecular weight excluding hydrogens is 210 g/mol. The fraction of sp³-hybridized carbons (Fsp3) is 0.818. The number of ether oxygens (including phenoxy) is 1. The van der Waals surface area contributed by atoms with Gasteiger partial charge in [-0.15, -0.1) is 0 Å². The van der Waals surface area contributed by atoms with Crippen LogP contribution in [0.4, 0.5) is 0 Å². The summed E-state index contributed by atoms with van der Waals surface area (Å²) < 4.78 is 5.01. The van der Waals surface area contributed by atoms with Crippen LogP contribution in [0.2, 0.25) is 0 Å². The average molecular weight is 229 g/mol. The molecule has 0 bridgehead atoms. The highest BCUT2D eigenvalue weighted by molar-refractivity contribution is 5.80. The highest BCUT2D eigenvalue weighted by Gasteiger charge is 2.41. The molecule has 0 aromatic carbocycles. The largest absolute Gasteiger partial charge is 0.481 e. The summed E-state index contributed by atoms with van der Waals surface area (Å²) in [4.78, 5) is 21.6. The molecule has 1 fully saturated rings. The second-order valence-corrected chi connectivity index (χ2v) is 4.41. The summed E-state index contributed by atoms with van der Waals surface area (Å²) in [5, 5.41) is 11.2. The van der Waals surface area contributed by atoms with Crippen molar-refractivity contribution in [2.75, 3.05) is 20.3 Å². The predicted molar refractivity (Wildman–Crippen MR) is 58.0 cm³/mol. The van der Waals surface area contributed by atoms with E-state index in [4.69, 9.17) is 9.84 Å². The molecular formula is C11H19NO4. The molecule has 0 aromatic heterocycles. The van der Waals surface area contributed by atoms with Crippen LogP contribution in [0.15, 0.2) is 0 Å². The lowest BCUT2D eigenvalue weighted by atomic mass is 10.0. The first-order valence-corrected chi connectivity index (χ1v) is 5.55. The predicted octanol–water partition coefficient (Wildman–Crippen LogP) is 0.784. The van der Waals surface area contributed by atoms with Crippen LogP contribution < -0.4 is 5.32 Å². The summed E-state index contributed by atoms with van der Waals surface area (Å²) in [6.07, 6.45) is 3.17. The van der Waals surface area contributed by atoms with Gasteiger partial charge in [-0.2, -0.15) is 0 Å². The van der Waals surface area contributed by atoms with Crippen LogP contribution in [0.25, 0.3) is 0 Å². The number of carbonyl (C=O) groups excluding carboxylic acids is 1. The minimum atomic E-state index is -0.935. The second-order valence-electron chi connectivity index (χ2n) is 4.41. The second kappa shape index (κ2) is 5.84. The summed E-state index contributed by atoms with van der Waals surface area (Å²) >= 11 is 0. The molecule has 16 heavy (non-hydrogen) atoms. The summed E-state index contributed by atoms with van der Waals surface area (Å²) in [6.45, 7) is 1.36. The van der Waals surface area contributed by atoms with Crippen LogP contribution >= 0.6 is 0 Å². The van der Waals surface area contributed by atoms with Gasteiger partial charge in [0, 0.05) is 26.7 Å². The molecule has 0 saturated heterocycles. The van der Waals surface area contributed by atoms with E-state index in [0.29, 0.717) is 13.2 Å². The molecule has 0 radical (unpaired) electrons. The number of hydrogen-bond donors (Lipinski definition) is 2. The number of carboxylic acids is 1. The van der Waals surface area contributed by atoms with Gasteiger partial charge in [0.05, 0.1) is 6.42 Å². The maximum absolute atomic E-state index is 11.3. The number of rotatable bonds is 8. The van der Waals surface area contributed by atoms with E-state index in [9.17, 15) is 9.59 Å². The standard InChI is InChI=1S/C11H19NO4/c1-16-7-6-11(4-5-11)8-12-9(13)2-3-10(14)15/h2-8H2,1H3,(H,12,13)(H,14,15). The number of hydrogen-bond acceptors (Lipinski definition) is 3. The Hall–Kier alpha value is -1.10. The van der Waals surface area contributed by atoms with Crippen LogP contribution in [-0.2, 0) is 14.3 Å². The van der Waals surface area contributed by atoms with Crippen LogP contribution in [0, 0.1) is 5.41 Å². The first-order chi connectivity index (χ1) is 7.58. The highest BCUT2D eigenvalue weighted by atomic mass is 16.5. The van der Waals surface area contributed by atoms with E-state index in [0.717, 1.165) is 19.3 Å². The molecule has 0 spiro atoms. The lowest BCUT2D eigenvalue weighted by Gasteiger charge is -2.15. The smallest absolute Gasteiger partial charge is 0.303 e. The SMILES string of the molecule is COCCC1(CNC(=O)CCC(=O)O)CC1. The monoisotopic (exact) mass is 229 g/mol. The van der Waals surface area contributed by atoms with E-state index in [-0.39, 0.29) is 24.2 Å². The zero-order valence-corrected chi connectivity index (χ0v) is 9.62. The van der Waals surface area contributed by atoms with E-state index in [1.807, 2.05) is 0 Å². The molecule has 1 saturated carbocycles. The van der Waals surface area contributed by atoms with Gasteiger partial charge in [-0.1, -0.05) is 0 Å². The topological polar surface area (TPSA) is 75.6 Å². The quantitative estimate of drug-likeness (QED) is 0.645. The fourth-order valence-electron chi connectivity index (χ4n) is 1.61. The zero-order valence-electron chi connectivity index (χ0n) is 9.62. The van der Waals surface area contributed by atoms with Crippen molar-refractivity contribution in [2.45, 2.75) is 32.1 Å². The molecule has 1 aliphatic carbocycles. The van der Waals surface area contributed by atoms with Crippen LogP contribution in [0.3, 0.4) is 0 Å². The Bertz CT molecular complexity index is 261. The Labute approximate surface area is 95.2 Å². The van der Waals surface area contributed by atoms with Crippen molar-refractivity contribution in [3.05, 3.63) is 0 Å². The maximum Gasteiger partial charge on any atom is 0.303 e. The van der Waals surface area contributed by atoms with Gasteiger partial charge in [-0.05, 0) is 24.7 Å². The molecule has 2 N–H and O–H groups in total. The molecule has 1 aliphatic rings. The molecule has 0 atom stereocenters. The molecule has 0 aromatic rings. The fourth-order valence-corrected chi connectivity index (χ4v) is 1.61. The molecule has 0 unspecified atom stereocenters. The Balaban J connectivity index is 2.14. The van der Waals surface area contributed by atoms with Crippen molar-refractivity contribution in [1.29, 1.82) is 0 Å². The van der Waals surface area contributed by atoms with E-state index in [1.165, 1.54) is 0 Å². The van der Waals surface area contributed by atoms with Crippen molar-refractivity contribution in [3.63, 3.8) is 0 Å². The molecule has 0 aliphatic heterocycles. The molecule has 92 valence electrons. The number of methoxy groups -OCH3 is 1.